The molecule has 0 N–H and O–H groups in total. The van der Waals surface area contributed by atoms with Gasteiger partial charge in [-0.3, -0.25) is 20.0 Å². The first-order valence-corrected chi connectivity index (χ1v) is 21.2. The van der Waals surface area contributed by atoms with Crippen LogP contribution in [0.2, 0.25) is 0 Å². The number of carbonyl (C=O) groups excluding carboxylic acids is 1. The fourth-order valence-corrected chi connectivity index (χ4v) is 8.72. The lowest BCUT2D eigenvalue weighted by Gasteiger charge is -2.43. The number of pyridine rings is 1. The Morgan fingerprint density at radius 1 is 1.06 bits per heavy atom. The summed E-state index contributed by atoms with van der Waals surface area (Å²) < 4.78 is 73.4. The van der Waals surface area contributed by atoms with Crippen molar-refractivity contribution in [1.29, 1.82) is 0 Å². The van der Waals surface area contributed by atoms with Crippen LogP contribution < -0.4 is 19.1 Å². The lowest BCUT2D eigenvalue weighted by Crippen LogP contribution is -2.50. The SMILES string of the molecule is CCc1c(F)ccc2cc(OCOC)cc(-c3ncc4c(N5CCC[C@@](C)(O[C@@H]6CCCCO6)C5)nc(OC[C@@H]5C[C@@H](OC(=O)Oc6ccc([N+](=O)[O-])cc6)CN5C)nc4c3F)c12. The maximum atomic E-state index is 17.5. The molecular formula is C45H50F2N6O10. The van der Waals surface area contributed by atoms with Crippen LogP contribution in [0.3, 0.4) is 0 Å². The van der Waals surface area contributed by atoms with Gasteiger partial charge in [-0.05, 0) is 99.2 Å². The molecule has 63 heavy (non-hydrogen) atoms. The van der Waals surface area contributed by atoms with Gasteiger partial charge in [0.1, 0.15) is 47.1 Å². The minimum Gasteiger partial charge on any atom is -0.468 e. The van der Waals surface area contributed by atoms with Gasteiger partial charge in [0.15, 0.2) is 18.9 Å². The van der Waals surface area contributed by atoms with Crippen LogP contribution in [0.25, 0.3) is 32.9 Å². The van der Waals surface area contributed by atoms with Crippen LogP contribution in [-0.2, 0) is 25.4 Å². The molecule has 8 rings (SSSR count). The molecule has 334 valence electrons. The van der Waals surface area contributed by atoms with Crippen LogP contribution in [0.4, 0.5) is 25.1 Å². The van der Waals surface area contributed by atoms with Gasteiger partial charge in [-0.25, -0.2) is 13.6 Å². The van der Waals surface area contributed by atoms with Crippen molar-refractivity contribution >= 4 is 39.3 Å². The highest BCUT2D eigenvalue weighted by atomic mass is 19.1. The number of fused-ring (bicyclic) bond motifs is 2. The van der Waals surface area contributed by atoms with E-state index in [9.17, 15) is 14.9 Å². The number of aromatic nitrogens is 3. The third-order valence-electron chi connectivity index (χ3n) is 11.8. The van der Waals surface area contributed by atoms with E-state index in [1.165, 1.54) is 37.4 Å². The number of likely N-dealkylation sites (tertiary alicyclic amines) is 1. The Balaban J connectivity index is 1.11. The molecule has 3 aliphatic heterocycles. The zero-order chi connectivity index (χ0) is 44.3. The number of hydrogen-bond donors (Lipinski definition) is 0. The lowest BCUT2D eigenvalue weighted by molar-refractivity contribution is -0.384. The molecular weight excluding hydrogens is 823 g/mol. The number of anilines is 1. The summed E-state index contributed by atoms with van der Waals surface area (Å²) in [5, 5.41) is 12.5. The van der Waals surface area contributed by atoms with E-state index in [1.54, 1.807) is 24.4 Å². The van der Waals surface area contributed by atoms with E-state index in [-0.39, 0.29) is 54.4 Å². The summed E-state index contributed by atoms with van der Waals surface area (Å²) in [6.45, 7) is 5.96. The summed E-state index contributed by atoms with van der Waals surface area (Å²) in [6.07, 6.45) is 4.84. The topological polar surface area (TPSA) is 170 Å². The average molecular weight is 873 g/mol. The van der Waals surface area contributed by atoms with Gasteiger partial charge in [0, 0.05) is 69.7 Å². The van der Waals surface area contributed by atoms with E-state index in [2.05, 4.69) is 16.9 Å². The van der Waals surface area contributed by atoms with Crippen molar-refractivity contribution in [1.82, 2.24) is 19.9 Å². The molecule has 3 aromatic carbocycles. The van der Waals surface area contributed by atoms with Crippen LogP contribution in [0, 0.1) is 21.7 Å². The Morgan fingerprint density at radius 3 is 2.63 bits per heavy atom. The van der Waals surface area contributed by atoms with Gasteiger partial charge in [-0.15, -0.1) is 0 Å². The minimum absolute atomic E-state index is 0.0374. The van der Waals surface area contributed by atoms with E-state index in [0.717, 1.165) is 32.1 Å². The van der Waals surface area contributed by atoms with Gasteiger partial charge in [-0.1, -0.05) is 13.0 Å². The fraction of sp³-hybridized carbons (Fsp3) is 0.467. The maximum Gasteiger partial charge on any atom is 0.514 e. The zero-order valence-corrected chi connectivity index (χ0v) is 35.6. The van der Waals surface area contributed by atoms with Crippen molar-refractivity contribution in [3.63, 3.8) is 0 Å². The number of carbonyl (C=O) groups is 1. The van der Waals surface area contributed by atoms with Crippen LogP contribution in [-0.4, -0.2) is 109 Å². The average Bonchev–Trinajstić information content (AvgIpc) is 3.62. The number of hydrogen-bond acceptors (Lipinski definition) is 15. The monoisotopic (exact) mass is 872 g/mol. The molecule has 0 radical (unpaired) electrons. The predicted octanol–water partition coefficient (Wildman–Crippen LogP) is 8.15. The van der Waals surface area contributed by atoms with Crippen molar-refractivity contribution in [3.8, 4) is 28.8 Å². The van der Waals surface area contributed by atoms with E-state index in [0.29, 0.717) is 77.9 Å². The van der Waals surface area contributed by atoms with E-state index in [1.807, 2.05) is 23.8 Å². The highest BCUT2D eigenvalue weighted by molar-refractivity contribution is 6.02. The number of likely N-dealkylation sites (N-methyl/N-ethyl adjacent to an activating group) is 1. The molecule has 16 nitrogen and oxygen atoms in total. The molecule has 0 saturated carbocycles. The Labute approximate surface area is 362 Å². The second-order valence-electron chi connectivity index (χ2n) is 16.4. The van der Waals surface area contributed by atoms with Gasteiger partial charge < -0.3 is 38.1 Å². The summed E-state index contributed by atoms with van der Waals surface area (Å²) in [5.74, 6) is -0.253. The molecule has 0 bridgehead atoms. The number of benzene rings is 3. The van der Waals surface area contributed by atoms with E-state index >= 15 is 8.78 Å². The summed E-state index contributed by atoms with van der Waals surface area (Å²) in [5.41, 5.74) is -0.0802. The number of rotatable bonds is 14. The lowest BCUT2D eigenvalue weighted by atomic mass is 9.93. The summed E-state index contributed by atoms with van der Waals surface area (Å²) in [4.78, 5) is 41.3. The van der Waals surface area contributed by atoms with Gasteiger partial charge in [0.05, 0.1) is 15.9 Å². The molecule has 0 spiro atoms. The van der Waals surface area contributed by atoms with Crippen molar-refractivity contribution in [2.75, 3.05) is 58.7 Å². The number of aryl methyl sites for hydroxylation is 1. The Kier molecular flexibility index (Phi) is 13.1. The molecule has 0 unspecified atom stereocenters. The van der Waals surface area contributed by atoms with Crippen LogP contribution in [0.5, 0.6) is 17.5 Å². The molecule has 3 fully saturated rings. The molecule has 4 atom stereocenters. The molecule has 5 aromatic rings. The standard InChI is InChI=1S/C45H50F2N6O10/c1-5-33-36(46)15-10-27-19-31(60-26-57-4)21-34(38(27)33)40-39(47)41-35(22-48-40)42(52-17-8-16-45(2,25-52)63-37-9-6-7-18-58-37)50-43(49-41)59-24-29-20-32(23-51(29)3)62-44(54)61-30-13-11-28(12-14-30)53(55)56/h10-15,19,21-22,29,32,37H,5-9,16-18,20,23-26H2,1-4H3/t29-,32+,37+,45+/m0/s1. The predicted molar refractivity (Wildman–Crippen MR) is 227 cm³/mol. The summed E-state index contributed by atoms with van der Waals surface area (Å²) >= 11 is 0. The number of non-ortho nitro benzene ring substituents is 1. The summed E-state index contributed by atoms with van der Waals surface area (Å²) in [7, 11) is 3.35. The number of nitro benzene ring substituents is 1. The number of ether oxygens (including phenoxy) is 7. The second kappa shape index (κ2) is 18.9. The van der Waals surface area contributed by atoms with Crippen molar-refractivity contribution in [2.24, 2.45) is 0 Å². The van der Waals surface area contributed by atoms with Crippen molar-refractivity contribution in [2.45, 2.75) is 82.8 Å². The number of methoxy groups -OCH3 is 1. The molecule has 2 aromatic heterocycles. The van der Waals surface area contributed by atoms with Gasteiger partial charge in [0.2, 0.25) is 0 Å². The smallest absolute Gasteiger partial charge is 0.468 e. The second-order valence-corrected chi connectivity index (χ2v) is 16.4. The third kappa shape index (κ3) is 9.73. The molecule has 18 heteroatoms. The molecule has 5 heterocycles. The van der Waals surface area contributed by atoms with Gasteiger partial charge in [-0.2, -0.15) is 9.97 Å². The zero-order valence-electron chi connectivity index (χ0n) is 35.6. The number of halogens is 2. The third-order valence-corrected chi connectivity index (χ3v) is 11.8. The molecule has 3 saturated heterocycles. The first-order valence-electron chi connectivity index (χ1n) is 21.2. The first kappa shape index (κ1) is 43.8. The molecule has 0 aliphatic carbocycles. The maximum absolute atomic E-state index is 17.5. The highest BCUT2D eigenvalue weighted by Gasteiger charge is 2.38. The molecule has 0 amide bonds. The summed E-state index contributed by atoms with van der Waals surface area (Å²) in [6, 6.07) is 11.2. The minimum atomic E-state index is -0.948. The largest absolute Gasteiger partial charge is 0.514 e. The van der Waals surface area contributed by atoms with E-state index < -0.39 is 34.4 Å². The number of piperidine rings is 1. The first-order chi connectivity index (χ1) is 30.4. The Bertz CT molecular complexity index is 2470. The van der Waals surface area contributed by atoms with E-state index in [4.69, 9.17) is 38.1 Å². The van der Waals surface area contributed by atoms with Crippen LogP contribution in [0.15, 0.2) is 54.7 Å². The number of nitrogens with zero attached hydrogens (tertiary/aromatic N) is 6. The Hall–Kier alpha value is -5.82. The van der Waals surface area contributed by atoms with Crippen LogP contribution in [0.1, 0.15) is 57.9 Å². The van der Waals surface area contributed by atoms with Gasteiger partial charge >= 0.3 is 12.2 Å². The highest BCUT2D eigenvalue weighted by Crippen LogP contribution is 2.41. The van der Waals surface area contributed by atoms with Crippen LogP contribution >= 0.6 is 0 Å². The quantitative estimate of drug-likeness (QED) is 0.0344. The Morgan fingerprint density at radius 2 is 1.89 bits per heavy atom. The fourth-order valence-electron chi connectivity index (χ4n) is 8.72. The normalized spacial score (nSPS) is 21.7. The van der Waals surface area contributed by atoms with Crippen molar-refractivity contribution < 1.29 is 51.7 Å². The molecule has 3 aliphatic rings. The van der Waals surface area contributed by atoms with Gasteiger partial charge in [0.25, 0.3) is 5.69 Å². The van der Waals surface area contributed by atoms with Crippen molar-refractivity contribution in [3.05, 3.63) is 82.0 Å². The number of nitro groups is 1.